The van der Waals surface area contributed by atoms with Crippen LogP contribution in [0.4, 0.5) is 11.6 Å². The number of anilines is 2. The molecule has 0 aliphatic carbocycles. The van der Waals surface area contributed by atoms with Gasteiger partial charge in [-0.3, -0.25) is 4.79 Å². The number of carbonyl (C=O) groups is 1. The predicted octanol–water partition coefficient (Wildman–Crippen LogP) is 6.92. The van der Waals surface area contributed by atoms with E-state index in [0.29, 0.717) is 45.5 Å². The molecule has 0 fully saturated rings. The Morgan fingerprint density at radius 1 is 1.19 bits per heavy atom. The molecule has 2 aromatic carbocycles. The summed E-state index contributed by atoms with van der Waals surface area (Å²) in [5, 5.41) is 14.5. The molecule has 1 atom stereocenters. The largest absolute Gasteiger partial charge is 0.492 e. The van der Waals surface area contributed by atoms with E-state index in [-0.39, 0.29) is 5.91 Å². The van der Waals surface area contributed by atoms with Crippen molar-refractivity contribution in [1.29, 1.82) is 0 Å². The first-order chi connectivity index (χ1) is 18.0. The Kier molecular flexibility index (Phi) is 7.55. The third-order valence-electron chi connectivity index (χ3n) is 5.98. The number of carbonyl (C=O) groups excluding carboxylic acids is 1. The summed E-state index contributed by atoms with van der Waals surface area (Å²) in [6.45, 7) is 6.37. The zero-order valence-corrected chi connectivity index (χ0v) is 23.0. The Morgan fingerprint density at radius 3 is 2.73 bits per heavy atom. The van der Waals surface area contributed by atoms with Crippen LogP contribution in [0.5, 0.6) is 5.75 Å². The van der Waals surface area contributed by atoms with Crippen molar-refractivity contribution in [3.8, 4) is 5.75 Å². The summed E-state index contributed by atoms with van der Waals surface area (Å²) in [5.41, 5.74) is 4.04. The zero-order chi connectivity index (χ0) is 25.9. The molecule has 1 aliphatic heterocycles. The summed E-state index contributed by atoms with van der Waals surface area (Å²) in [7, 11) is 0. The van der Waals surface area contributed by atoms with Gasteiger partial charge in [0.2, 0.25) is 11.1 Å². The SMILES string of the molecule is CCOc1ccccc1NC(=O)C1=C(C)Nc2nc(SCc3ccccc3Cl)nn2C1c1sccc1C. The summed E-state index contributed by atoms with van der Waals surface area (Å²) in [4.78, 5) is 19.5. The molecule has 37 heavy (non-hydrogen) atoms. The van der Waals surface area contributed by atoms with Gasteiger partial charge in [0.1, 0.15) is 11.8 Å². The van der Waals surface area contributed by atoms with Crippen LogP contribution in [-0.4, -0.2) is 27.3 Å². The summed E-state index contributed by atoms with van der Waals surface area (Å²) < 4.78 is 7.53. The molecule has 0 radical (unpaired) electrons. The van der Waals surface area contributed by atoms with Crippen LogP contribution in [0.15, 0.2) is 76.4 Å². The Morgan fingerprint density at radius 2 is 1.97 bits per heavy atom. The van der Waals surface area contributed by atoms with Gasteiger partial charge in [-0.15, -0.1) is 16.4 Å². The first-order valence-corrected chi connectivity index (χ1v) is 14.1. The van der Waals surface area contributed by atoms with E-state index in [0.717, 1.165) is 21.7 Å². The number of fused-ring (bicyclic) bond motifs is 1. The van der Waals surface area contributed by atoms with Gasteiger partial charge in [0.15, 0.2) is 0 Å². The van der Waals surface area contributed by atoms with Gasteiger partial charge in [-0.05, 0) is 61.5 Å². The molecule has 1 amide bonds. The van der Waals surface area contributed by atoms with E-state index in [1.165, 1.54) is 11.8 Å². The Labute approximate surface area is 228 Å². The van der Waals surface area contributed by atoms with Gasteiger partial charge in [-0.1, -0.05) is 53.7 Å². The number of halogens is 1. The maximum absolute atomic E-state index is 13.8. The number of hydrogen-bond acceptors (Lipinski definition) is 7. The quantitative estimate of drug-likeness (QED) is 0.231. The van der Waals surface area contributed by atoms with Crippen molar-refractivity contribution in [2.45, 2.75) is 37.7 Å². The van der Waals surface area contributed by atoms with Crippen molar-refractivity contribution in [2.24, 2.45) is 0 Å². The van der Waals surface area contributed by atoms with Crippen molar-refractivity contribution in [3.63, 3.8) is 0 Å². The van der Waals surface area contributed by atoms with Gasteiger partial charge in [-0.2, -0.15) is 4.98 Å². The minimum atomic E-state index is -0.419. The number of thioether (sulfide) groups is 1. The Balaban J connectivity index is 1.48. The lowest BCUT2D eigenvalue weighted by molar-refractivity contribution is -0.113. The number of amides is 1. The number of aryl methyl sites for hydroxylation is 1. The minimum Gasteiger partial charge on any atom is -0.492 e. The van der Waals surface area contributed by atoms with Crippen molar-refractivity contribution in [1.82, 2.24) is 14.8 Å². The van der Waals surface area contributed by atoms with Gasteiger partial charge in [0.05, 0.1) is 17.9 Å². The first kappa shape index (κ1) is 25.4. The summed E-state index contributed by atoms with van der Waals surface area (Å²) >= 11 is 9.45. The highest BCUT2D eigenvalue weighted by atomic mass is 35.5. The molecule has 3 heterocycles. The van der Waals surface area contributed by atoms with Crippen molar-refractivity contribution in [3.05, 3.63) is 92.3 Å². The van der Waals surface area contributed by atoms with Crippen LogP contribution in [0.2, 0.25) is 5.02 Å². The number of allylic oxidation sites excluding steroid dienone is 1. The second-order valence-corrected chi connectivity index (χ2v) is 10.8. The van der Waals surface area contributed by atoms with Gasteiger partial charge >= 0.3 is 0 Å². The number of nitrogens with zero attached hydrogens (tertiary/aromatic N) is 3. The van der Waals surface area contributed by atoms with Crippen molar-refractivity contribution in [2.75, 3.05) is 17.2 Å². The van der Waals surface area contributed by atoms with E-state index >= 15 is 0 Å². The molecule has 0 bridgehead atoms. The fourth-order valence-electron chi connectivity index (χ4n) is 4.19. The lowest BCUT2D eigenvalue weighted by Crippen LogP contribution is -2.31. The van der Waals surface area contributed by atoms with Crippen molar-refractivity contribution < 1.29 is 9.53 Å². The molecule has 0 spiro atoms. The molecule has 1 unspecified atom stereocenters. The molecular formula is C27H26ClN5O2S2. The number of nitrogens with one attached hydrogen (secondary N) is 2. The number of aromatic nitrogens is 3. The first-order valence-electron chi connectivity index (χ1n) is 11.8. The van der Waals surface area contributed by atoms with E-state index in [1.54, 1.807) is 11.3 Å². The molecule has 190 valence electrons. The topological polar surface area (TPSA) is 81.1 Å². The van der Waals surface area contributed by atoms with Crippen molar-refractivity contribution >= 4 is 52.2 Å². The number of hydrogen-bond donors (Lipinski definition) is 2. The maximum Gasteiger partial charge on any atom is 0.256 e. The molecule has 0 saturated carbocycles. The average Bonchev–Trinajstić information content (AvgIpc) is 3.49. The second-order valence-electron chi connectivity index (χ2n) is 8.46. The average molecular weight is 552 g/mol. The fraction of sp³-hybridized carbons (Fsp3) is 0.222. The van der Waals surface area contributed by atoms with Crippen LogP contribution in [-0.2, 0) is 10.5 Å². The van der Waals surface area contributed by atoms with E-state index in [2.05, 4.69) is 16.7 Å². The zero-order valence-electron chi connectivity index (χ0n) is 20.6. The number of benzene rings is 2. The van der Waals surface area contributed by atoms with Crippen LogP contribution in [0.1, 0.15) is 35.9 Å². The molecule has 7 nitrogen and oxygen atoms in total. The maximum atomic E-state index is 13.8. The van der Waals surface area contributed by atoms with Crippen LogP contribution in [0.3, 0.4) is 0 Å². The lowest BCUT2D eigenvalue weighted by Gasteiger charge is -2.28. The number of ether oxygens (including phenoxy) is 1. The van der Waals surface area contributed by atoms with Crippen LogP contribution in [0, 0.1) is 6.92 Å². The molecule has 4 aromatic rings. The summed E-state index contributed by atoms with van der Waals surface area (Å²) in [6.07, 6.45) is 0. The Bertz CT molecular complexity index is 1480. The van der Waals surface area contributed by atoms with Crippen LogP contribution in [0.25, 0.3) is 0 Å². The predicted molar refractivity (Wildman–Crippen MR) is 151 cm³/mol. The highest BCUT2D eigenvalue weighted by molar-refractivity contribution is 7.98. The number of para-hydroxylation sites is 2. The summed E-state index contributed by atoms with van der Waals surface area (Å²) in [5.74, 6) is 1.65. The van der Waals surface area contributed by atoms with Crippen LogP contribution >= 0.6 is 34.7 Å². The third kappa shape index (κ3) is 5.25. The molecule has 1 aliphatic rings. The lowest BCUT2D eigenvalue weighted by atomic mass is 9.98. The van der Waals surface area contributed by atoms with Crippen LogP contribution < -0.4 is 15.4 Å². The Hall–Kier alpha value is -3.27. The molecular weight excluding hydrogens is 526 g/mol. The molecule has 5 rings (SSSR count). The minimum absolute atomic E-state index is 0.221. The smallest absolute Gasteiger partial charge is 0.256 e. The molecule has 0 saturated heterocycles. The highest BCUT2D eigenvalue weighted by Crippen LogP contribution is 2.40. The van der Waals surface area contributed by atoms with Gasteiger partial charge < -0.3 is 15.4 Å². The molecule has 10 heteroatoms. The molecule has 2 N–H and O–H groups in total. The highest BCUT2D eigenvalue weighted by Gasteiger charge is 2.36. The summed E-state index contributed by atoms with van der Waals surface area (Å²) in [6, 6.07) is 16.8. The normalized spacial score (nSPS) is 14.8. The van der Waals surface area contributed by atoms with Gasteiger partial charge in [-0.25, -0.2) is 4.68 Å². The third-order valence-corrected chi connectivity index (χ3v) is 8.30. The van der Waals surface area contributed by atoms with E-state index in [4.69, 9.17) is 26.4 Å². The van der Waals surface area contributed by atoms with Gasteiger partial charge in [0.25, 0.3) is 5.91 Å². The van der Waals surface area contributed by atoms with Gasteiger partial charge in [0, 0.05) is 21.3 Å². The second kappa shape index (κ2) is 11.0. The monoisotopic (exact) mass is 551 g/mol. The fourth-order valence-corrected chi connectivity index (χ4v) is 6.33. The number of rotatable bonds is 8. The standard InChI is InChI=1S/C27H26ClN5O2S2/c1-4-35-21-12-8-7-11-20(21)30-25(34)22-17(3)29-26-31-27(37-15-18-9-5-6-10-19(18)28)32-33(26)23(22)24-16(2)13-14-36-24/h5-14,23H,4,15H2,1-3H3,(H,30,34)(H,29,31,32). The van der Waals surface area contributed by atoms with E-state index in [1.807, 2.05) is 79.4 Å². The molecule has 2 aromatic heterocycles. The number of thiophene rings is 1. The van der Waals surface area contributed by atoms with E-state index in [9.17, 15) is 4.79 Å². The van der Waals surface area contributed by atoms with E-state index < -0.39 is 6.04 Å².